The molecular weight excluding hydrogens is 213 g/mol. The van der Waals surface area contributed by atoms with Crippen LogP contribution in [0.4, 0.5) is 4.39 Å². The third kappa shape index (κ3) is 1.61. The zero-order chi connectivity index (χ0) is 10.9. The maximum Gasteiger partial charge on any atom is 0.129 e. The SMILES string of the molecule is N#CC1(c2c(F)cccc2Cl)CCCC1. The van der Waals surface area contributed by atoms with Crippen LogP contribution in [-0.2, 0) is 5.41 Å². The average molecular weight is 224 g/mol. The van der Waals surface area contributed by atoms with Gasteiger partial charge in [-0.3, -0.25) is 0 Å². The van der Waals surface area contributed by atoms with Crippen LogP contribution in [0.1, 0.15) is 31.2 Å². The minimum absolute atomic E-state index is 0.356. The second-order valence-corrected chi connectivity index (χ2v) is 4.40. The van der Waals surface area contributed by atoms with Gasteiger partial charge in [0.15, 0.2) is 0 Å². The van der Waals surface area contributed by atoms with E-state index in [1.165, 1.54) is 6.07 Å². The smallest absolute Gasteiger partial charge is 0.129 e. The normalized spacial score (nSPS) is 18.7. The van der Waals surface area contributed by atoms with Crippen LogP contribution in [0.3, 0.4) is 0 Å². The van der Waals surface area contributed by atoms with Gasteiger partial charge in [-0.2, -0.15) is 5.26 Å². The average Bonchev–Trinajstić information content (AvgIpc) is 2.67. The highest BCUT2D eigenvalue weighted by molar-refractivity contribution is 6.31. The molecule has 0 unspecified atom stereocenters. The first-order valence-electron chi connectivity index (χ1n) is 5.05. The van der Waals surface area contributed by atoms with Gasteiger partial charge >= 0.3 is 0 Å². The summed E-state index contributed by atoms with van der Waals surface area (Å²) >= 11 is 5.99. The third-order valence-electron chi connectivity index (χ3n) is 3.11. The molecule has 15 heavy (non-hydrogen) atoms. The van der Waals surface area contributed by atoms with Crippen molar-refractivity contribution in [2.75, 3.05) is 0 Å². The van der Waals surface area contributed by atoms with Crippen molar-refractivity contribution in [3.05, 3.63) is 34.6 Å². The number of benzene rings is 1. The number of nitriles is 1. The predicted molar refractivity (Wildman–Crippen MR) is 57.2 cm³/mol. The second kappa shape index (κ2) is 3.83. The molecule has 1 aromatic rings. The fraction of sp³-hybridized carbons (Fsp3) is 0.417. The lowest BCUT2D eigenvalue weighted by Gasteiger charge is -2.22. The van der Waals surface area contributed by atoms with Crippen LogP contribution in [-0.4, -0.2) is 0 Å². The van der Waals surface area contributed by atoms with Crippen LogP contribution >= 0.6 is 11.6 Å². The molecule has 0 N–H and O–H groups in total. The van der Waals surface area contributed by atoms with Crippen LogP contribution in [0.15, 0.2) is 18.2 Å². The third-order valence-corrected chi connectivity index (χ3v) is 3.43. The molecule has 1 nitrogen and oxygen atoms in total. The Kier molecular flexibility index (Phi) is 2.67. The van der Waals surface area contributed by atoms with E-state index in [1.54, 1.807) is 12.1 Å². The first-order chi connectivity index (χ1) is 7.19. The lowest BCUT2D eigenvalue weighted by molar-refractivity contribution is 0.516. The van der Waals surface area contributed by atoms with Crippen molar-refractivity contribution in [1.82, 2.24) is 0 Å². The van der Waals surface area contributed by atoms with E-state index in [1.807, 2.05) is 0 Å². The Morgan fingerprint density at radius 2 is 2.00 bits per heavy atom. The first-order valence-corrected chi connectivity index (χ1v) is 5.43. The van der Waals surface area contributed by atoms with Crippen LogP contribution in [0.5, 0.6) is 0 Å². The molecule has 1 aliphatic rings. The quantitative estimate of drug-likeness (QED) is 0.710. The predicted octanol–water partition coefficient (Wildman–Crippen LogP) is 3.81. The molecular formula is C12H11ClFN. The fourth-order valence-corrected chi connectivity index (χ4v) is 2.70. The number of rotatable bonds is 1. The maximum atomic E-state index is 13.7. The Morgan fingerprint density at radius 1 is 1.33 bits per heavy atom. The monoisotopic (exact) mass is 223 g/mol. The number of hydrogen-bond acceptors (Lipinski definition) is 1. The summed E-state index contributed by atoms with van der Waals surface area (Å²) in [6.45, 7) is 0. The molecule has 0 bridgehead atoms. The van der Waals surface area contributed by atoms with E-state index in [9.17, 15) is 9.65 Å². The lowest BCUT2D eigenvalue weighted by atomic mass is 9.80. The summed E-state index contributed by atoms with van der Waals surface area (Å²) in [6, 6.07) is 6.85. The Bertz CT molecular complexity index is 396. The first kappa shape index (κ1) is 10.4. The molecule has 0 amide bonds. The number of halogens is 2. The molecule has 0 aromatic heterocycles. The minimum atomic E-state index is -0.692. The minimum Gasteiger partial charge on any atom is -0.207 e. The van der Waals surface area contributed by atoms with Gasteiger partial charge in [0.2, 0.25) is 0 Å². The highest BCUT2D eigenvalue weighted by Crippen LogP contribution is 2.44. The van der Waals surface area contributed by atoms with Gasteiger partial charge in [-0.15, -0.1) is 0 Å². The molecule has 0 aliphatic heterocycles. The Morgan fingerprint density at radius 3 is 2.53 bits per heavy atom. The van der Waals surface area contributed by atoms with E-state index >= 15 is 0 Å². The van der Waals surface area contributed by atoms with Gasteiger partial charge in [0.1, 0.15) is 5.82 Å². The number of hydrogen-bond donors (Lipinski definition) is 0. The molecule has 2 rings (SSSR count). The zero-order valence-corrected chi connectivity index (χ0v) is 9.02. The van der Waals surface area contributed by atoms with Gasteiger partial charge in [0, 0.05) is 10.6 Å². The van der Waals surface area contributed by atoms with Crippen molar-refractivity contribution in [1.29, 1.82) is 5.26 Å². The van der Waals surface area contributed by atoms with Gasteiger partial charge in [-0.25, -0.2) is 4.39 Å². The molecule has 0 saturated heterocycles. The maximum absolute atomic E-state index is 13.7. The van der Waals surface area contributed by atoms with E-state index in [2.05, 4.69) is 6.07 Å². The van der Waals surface area contributed by atoms with Crippen molar-refractivity contribution in [3.8, 4) is 6.07 Å². The van der Waals surface area contributed by atoms with Crippen molar-refractivity contribution in [2.45, 2.75) is 31.1 Å². The Balaban J connectivity index is 2.57. The largest absolute Gasteiger partial charge is 0.207 e. The van der Waals surface area contributed by atoms with E-state index < -0.39 is 5.41 Å². The molecule has 0 heterocycles. The van der Waals surface area contributed by atoms with Gasteiger partial charge in [-0.05, 0) is 25.0 Å². The lowest BCUT2D eigenvalue weighted by Crippen LogP contribution is -2.21. The molecule has 3 heteroatoms. The molecule has 78 valence electrons. The molecule has 1 fully saturated rings. The molecule has 1 saturated carbocycles. The van der Waals surface area contributed by atoms with Crippen molar-refractivity contribution >= 4 is 11.6 Å². The van der Waals surface area contributed by atoms with Crippen LogP contribution in [0.2, 0.25) is 5.02 Å². The van der Waals surface area contributed by atoms with E-state index in [-0.39, 0.29) is 5.82 Å². The van der Waals surface area contributed by atoms with E-state index in [4.69, 9.17) is 11.6 Å². The summed E-state index contributed by atoms with van der Waals surface area (Å²) in [5, 5.41) is 9.62. The molecule has 0 spiro atoms. The molecule has 0 atom stereocenters. The van der Waals surface area contributed by atoms with Crippen molar-refractivity contribution in [3.63, 3.8) is 0 Å². The fourth-order valence-electron chi connectivity index (χ4n) is 2.35. The van der Waals surface area contributed by atoms with Crippen LogP contribution < -0.4 is 0 Å². The van der Waals surface area contributed by atoms with Gasteiger partial charge in [0.05, 0.1) is 11.5 Å². The van der Waals surface area contributed by atoms with E-state index in [0.29, 0.717) is 23.4 Å². The summed E-state index contributed by atoms with van der Waals surface area (Å²) in [7, 11) is 0. The summed E-state index contributed by atoms with van der Waals surface area (Å²) in [5.74, 6) is -0.356. The highest BCUT2D eigenvalue weighted by Gasteiger charge is 2.39. The summed E-state index contributed by atoms with van der Waals surface area (Å²) in [6.07, 6.45) is 3.37. The van der Waals surface area contributed by atoms with Crippen molar-refractivity contribution in [2.24, 2.45) is 0 Å². The molecule has 0 radical (unpaired) electrons. The van der Waals surface area contributed by atoms with Crippen molar-refractivity contribution < 1.29 is 4.39 Å². The standard InChI is InChI=1S/C12H11ClFN/c13-9-4-3-5-10(14)11(9)12(8-15)6-1-2-7-12/h3-5H,1-2,6-7H2. The number of nitrogens with zero attached hydrogens (tertiary/aromatic N) is 1. The topological polar surface area (TPSA) is 23.8 Å². The molecule has 1 aliphatic carbocycles. The summed E-state index contributed by atoms with van der Waals surface area (Å²) < 4.78 is 13.7. The van der Waals surface area contributed by atoms with Gasteiger partial charge < -0.3 is 0 Å². The van der Waals surface area contributed by atoms with Crippen LogP contribution in [0, 0.1) is 17.1 Å². The highest BCUT2D eigenvalue weighted by atomic mass is 35.5. The summed E-state index contributed by atoms with van der Waals surface area (Å²) in [5.41, 5.74) is -0.297. The van der Waals surface area contributed by atoms with E-state index in [0.717, 1.165) is 12.8 Å². The Hall–Kier alpha value is -1.07. The second-order valence-electron chi connectivity index (χ2n) is 4.00. The van der Waals surface area contributed by atoms with Crippen LogP contribution in [0.25, 0.3) is 0 Å². The molecule has 1 aromatic carbocycles. The zero-order valence-electron chi connectivity index (χ0n) is 8.26. The van der Waals surface area contributed by atoms with Gasteiger partial charge in [0.25, 0.3) is 0 Å². The Labute approximate surface area is 93.5 Å². The van der Waals surface area contributed by atoms with Gasteiger partial charge in [-0.1, -0.05) is 30.5 Å². The summed E-state index contributed by atoms with van der Waals surface area (Å²) in [4.78, 5) is 0.